The van der Waals surface area contributed by atoms with Gasteiger partial charge >= 0.3 is 0 Å². The number of thiophene rings is 1. The highest BCUT2D eigenvalue weighted by Crippen LogP contribution is 2.25. The second kappa shape index (κ2) is 9.79. The van der Waals surface area contributed by atoms with Crippen LogP contribution in [0.25, 0.3) is 0 Å². The molecule has 2 heterocycles. The zero-order valence-electron chi connectivity index (χ0n) is 17.6. The Labute approximate surface area is 187 Å². The van der Waals surface area contributed by atoms with Crippen LogP contribution in [0.3, 0.4) is 0 Å². The molecule has 2 aromatic carbocycles. The summed E-state index contributed by atoms with van der Waals surface area (Å²) < 4.78 is 0. The third-order valence-electron chi connectivity index (χ3n) is 5.71. The van der Waals surface area contributed by atoms with Crippen molar-refractivity contribution in [3.05, 3.63) is 88.1 Å². The van der Waals surface area contributed by atoms with Gasteiger partial charge in [0.15, 0.2) is 0 Å². The molecule has 3 aromatic rings. The number of rotatable bonds is 6. The van der Waals surface area contributed by atoms with Crippen molar-refractivity contribution in [3.63, 3.8) is 0 Å². The topological polar surface area (TPSA) is 61.4 Å². The number of amides is 2. The van der Waals surface area contributed by atoms with Crippen LogP contribution in [0.1, 0.15) is 51.4 Å². The Morgan fingerprint density at radius 2 is 1.65 bits per heavy atom. The minimum atomic E-state index is -0.0695. The van der Waals surface area contributed by atoms with Gasteiger partial charge < -0.3 is 15.5 Å². The molecular weight excluding hydrogens is 406 g/mol. The lowest BCUT2D eigenvalue weighted by molar-refractivity contribution is 0.0931. The van der Waals surface area contributed by atoms with Crippen LogP contribution in [-0.2, 0) is 0 Å². The Bertz CT molecular complexity index is 1010. The number of anilines is 1. The second-order valence-electron chi connectivity index (χ2n) is 7.84. The first-order valence-corrected chi connectivity index (χ1v) is 11.5. The van der Waals surface area contributed by atoms with Gasteiger partial charge in [0.05, 0.1) is 16.5 Å². The number of carbonyl (C=O) groups is 2. The van der Waals surface area contributed by atoms with Crippen molar-refractivity contribution in [1.82, 2.24) is 10.6 Å². The van der Waals surface area contributed by atoms with Gasteiger partial charge in [-0.3, -0.25) is 9.59 Å². The number of para-hydroxylation sites is 1. The van der Waals surface area contributed by atoms with Gasteiger partial charge in [0, 0.05) is 24.8 Å². The fourth-order valence-corrected chi connectivity index (χ4v) is 4.60. The average Bonchev–Trinajstić information content (AvgIpc) is 3.35. The second-order valence-corrected chi connectivity index (χ2v) is 8.78. The number of benzene rings is 2. The molecule has 0 saturated carbocycles. The molecule has 0 aliphatic carbocycles. The highest BCUT2D eigenvalue weighted by molar-refractivity contribution is 7.12. The van der Waals surface area contributed by atoms with Crippen LogP contribution in [0.15, 0.2) is 72.1 Å². The summed E-state index contributed by atoms with van der Waals surface area (Å²) in [5, 5.41) is 8.18. The lowest BCUT2D eigenvalue weighted by atomic mass is 10.0. The van der Waals surface area contributed by atoms with Crippen molar-refractivity contribution < 1.29 is 9.59 Å². The van der Waals surface area contributed by atoms with E-state index in [9.17, 15) is 9.59 Å². The summed E-state index contributed by atoms with van der Waals surface area (Å²) in [7, 11) is 0. The van der Waals surface area contributed by atoms with E-state index in [1.807, 2.05) is 79.0 Å². The maximum atomic E-state index is 13.0. The maximum absolute atomic E-state index is 13.0. The van der Waals surface area contributed by atoms with Crippen LogP contribution < -0.4 is 15.5 Å². The summed E-state index contributed by atoms with van der Waals surface area (Å²) in [6.07, 6.45) is 1.71. The quantitative estimate of drug-likeness (QED) is 0.595. The van der Waals surface area contributed by atoms with Crippen LogP contribution >= 0.6 is 11.3 Å². The zero-order valence-corrected chi connectivity index (χ0v) is 18.4. The normalized spacial score (nSPS) is 15.3. The van der Waals surface area contributed by atoms with Crippen molar-refractivity contribution in [2.24, 2.45) is 0 Å². The molecule has 1 aromatic heterocycles. The fraction of sp³-hybridized carbons (Fsp3) is 0.280. The summed E-state index contributed by atoms with van der Waals surface area (Å²) >= 11 is 1.46. The number of piperidine rings is 1. The van der Waals surface area contributed by atoms with Crippen LogP contribution in [0, 0.1) is 0 Å². The van der Waals surface area contributed by atoms with E-state index in [1.165, 1.54) is 11.3 Å². The Morgan fingerprint density at radius 3 is 2.35 bits per heavy atom. The van der Waals surface area contributed by atoms with Crippen LogP contribution in [0.4, 0.5) is 5.69 Å². The lowest BCUT2D eigenvalue weighted by Gasteiger charge is -2.35. The van der Waals surface area contributed by atoms with E-state index in [4.69, 9.17) is 0 Å². The van der Waals surface area contributed by atoms with Gasteiger partial charge in [-0.2, -0.15) is 0 Å². The lowest BCUT2D eigenvalue weighted by Crippen LogP contribution is -2.45. The molecule has 1 aliphatic heterocycles. The molecule has 2 amide bonds. The van der Waals surface area contributed by atoms with E-state index in [1.54, 1.807) is 0 Å². The van der Waals surface area contributed by atoms with Crippen molar-refractivity contribution in [2.75, 3.05) is 18.0 Å². The number of carbonyl (C=O) groups excluding carboxylic acids is 2. The molecule has 0 spiro atoms. The Hall–Kier alpha value is -3.12. The summed E-state index contributed by atoms with van der Waals surface area (Å²) in [6.45, 7) is 3.60. The molecule has 0 unspecified atom stereocenters. The number of nitrogens with zero attached hydrogens (tertiary/aromatic N) is 1. The maximum Gasteiger partial charge on any atom is 0.261 e. The van der Waals surface area contributed by atoms with Crippen LogP contribution in [0.5, 0.6) is 0 Å². The molecule has 0 bridgehead atoms. The van der Waals surface area contributed by atoms with E-state index in [-0.39, 0.29) is 23.9 Å². The molecule has 1 saturated heterocycles. The minimum absolute atomic E-state index is 0.00290. The standard InChI is InChI=1S/C25H27N3O2S/c1-18(19-8-3-2-4-9-19)26-24(29)21-10-5-6-11-22(21)28-15-13-20(14-16-28)27-25(30)23-12-7-17-31-23/h2-12,17-18,20H,13-16H2,1H3,(H,26,29)(H,27,30)/t18-/m0/s1. The fourth-order valence-electron chi connectivity index (χ4n) is 3.97. The Kier molecular flexibility index (Phi) is 6.67. The molecule has 1 fully saturated rings. The van der Waals surface area contributed by atoms with Gasteiger partial charge in [-0.05, 0) is 48.9 Å². The van der Waals surface area contributed by atoms with Gasteiger partial charge in [0.25, 0.3) is 11.8 Å². The van der Waals surface area contributed by atoms with Gasteiger partial charge in [0.2, 0.25) is 0 Å². The van der Waals surface area contributed by atoms with Gasteiger partial charge in [0.1, 0.15) is 0 Å². The highest BCUT2D eigenvalue weighted by Gasteiger charge is 2.24. The molecule has 4 rings (SSSR count). The van der Waals surface area contributed by atoms with Crippen molar-refractivity contribution in [3.8, 4) is 0 Å². The molecule has 5 nitrogen and oxygen atoms in total. The van der Waals surface area contributed by atoms with E-state index in [2.05, 4.69) is 15.5 Å². The summed E-state index contributed by atoms with van der Waals surface area (Å²) in [4.78, 5) is 28.4. The van der Waals surface area contributed by atoms with E-state index < -0.39 is 0 Å². The first-order chi connectivity index (χ1) is 15.1. The van der Waals surface area contributed by atoms with Gasteiger partial charge in [-0.1, -0.05) is 48.5 Å². The number of hydrogen-bond acceptors (Lipinski definition) is 4. The van der Waals surface area contributed by atoms with Crippen molar-refractivity contribution in [1.29, 1.82) is 0 Å². The molecule has 160 valence electrons. The Balaban J connectivity index is 1.38. The third-order valence-corrected chi connectivity index (χ3v) is 6.58. The van der Waals surface area contributed by atoms with Gasteiger partial charge in [-0.25, -0.2) is 0 Å². The molecule has 0 radical (unpaired) electrons. The molecule has 1 aliphatic rings. The van der Waals surface area contributed by atoms with Crippen LogP contribution in [-0.4, -0.2) is 30.9 Å². The van der Waals surface area contributed by atoms with E-state index in [0.29, 0.717) is 5.56 Å². The monoisotopic (exact) mass is 433 g/mol. The highest BCUT2D eigenvalue weighted by atomic mass is 32.1. The summed E-state index contributed by atoms with van der Waals surface area (Å²) in [6, 6.07) is 21.6. The predicted molar refractivity (Wildman–Crippen MR) is 126 cm³/mol. The van der Waals surface area contributed by atoms with Crippen molar-refractivity contribution >= 4 is 28.8 Å². The molecule has 2 N–H and O–H groups in total. The Morgan fingerprint density at radius 1 is 0.935 bits per heavy atom. The number of nitrogens with one attached hydrogen (secondary N) is 2. The third kappa shape index (κ3) is 5.14. The average molecular weight is 434 g/mol. The minimum Gasteiger partial charge on any atom is -0.371 e. The molecular formula is C25H27N3O2S. The summed E-state index contributed by atoms with van der Waals surface area (Å²) in [5.41, 5.74) is 2.71. The predicted octanol–water partition coefficient (Wildman–Crippen LogP) is 4.64. The first-order valence-electron chi connectivity index (χ1n) is 10.7. The first kappa shape index (κ1) is 21.1. The molecule has 1 atom stereocenters. The van der Waals surface area contributed by atoms with E-state index in [0.717, 1.165) is 42.1 Å². The summed E-state index contributed by atoms with van der Waals surface area (Å²) in [5.74, 6) is -0.0665. The molecule has 31 heavy (non-hydrogen) atoms. The molecule has 6 heteroatoms. The van der Waals surface area contributed by atoms with Crippen molar-refractivity contribution in [2.45, 2.75) is 31.8 Å². The van der Waals surface area contributed by atoms with Crippen LogP contribution in [0.2, 0.25) is 0 Å². The SMILES string of the molecule is C[C@H](NC(=O)c1ccccc1N1CCC(NC(=O)c2cccs2)CC1)c1ccccc1. The largest absolute Gasteiger partial charge is 0.371 e. The van der Waals surface area contributed by atoms with Gasteiger partial charge in [-0.15, -0.1) is 11.3 Å². The number of hydrogen-bond donors (Lipinski definition) is 2. The van der Waals surface area contributed by atoms with E-state index >= 15 is 0 Å². The zero-order chi connectivity index (χ0) is 21.6. The smallest absolute Gasteiger partial charge is 0.261 e.